The SMILES string of the molecule is CCNC(CN1CC(C)OCC1C)C1CCCC1. The van der Waals surface area contributed by atoms with E-state index in [0.29, 0.717) is 18.2 Å². The Hall–Kier alpha value is -0.120. The molecule has 0 radical (unpaired) electrons. The van der Waals surface area contributed by atoms with E-state index < -0.39 is 0 Å². The summed E-state index contributed by atoms with van der Waals surface area (Å²) in [5.74, 6) is 0.898. The molecule has 18 heavy (non-hydrogen) atoms. The van der Waals surface area contributed by atoms with Gasteiger partial charge in [-0.25, -0.2) is 0 Å². The topological polar surface area (TPSA) is 24.5 Å². The summed E-state index contributed by atoms with van der Waals surface area (Å²) in [5, 5.41) is 3.72. The second-order valence-electron chi connectivity index (χ2n) is 6.16. The number of morpholine rings is 1. The van der Waals surface area contributed by atoms with Crippen LogP contribution in [0.1, 0.15) is 46.5 Å². The van der Waals surface area contributed by atoms with Gasteiger partial charge in [0.15, 0.2) is 0 Å². The Bertz CT molecular complexity index is 241. The predicted octanol–water partition coefficient (Wildman–Crippen LogP) is 2.26. The minimum Gasteiger partial charge on any atom is -0.376 e. The van der Waals surface area contributed by atoms with Crippen molar-refractivity contribution >= 4 is 0 Å². The van der Waals surface area contributed by atoms with Gasteiger partial charge in [0.25, 0.3) is 0 Å². The highest BCUT2D eigenvalue weighted by Crippen LogP contribution is 2.28. The predicted molar refractivity (Wildman–Crippen MR) is 75.9 cm³/mol. The molecule has 3 heteroatoms. The van der Waals surface area contributed by atoms with E-state index in [4.69, 9.17) is 4.74 Å². The van der Waals surface area contributed by atoms with Crippen LogP contribution in [0.25, 0.3) is 0 Å². The minimum absolute atomic E-state index is 0.395. The Labute approximate surface area is 112 Å². The van der Waals surface area contributed by atoms with Crippen LogP contribution in [0.15, 0.2) is 0 Å². The number of hydrogen-bond acceptors (Lipinski definition) is 3. The Morgan fingerprint density at radius 1 is 1.28 bits per heavy atom. The lowest BCUT2D eigenvalue weighted by Crippen LogP contribution is -2.53. The maximum absolute atomic E-state index is 5.73. The van der Waals surface area contributed by atoms with Crippen molar-refractivity contribution in [2.24, 2.45) is 5.92 Å². The molecule has 0 aromatic rings. The van der Waals surface area contributed by atoms with Gasteiger partial charge in [-0.2, -0.15) is 0 Å². The van der Waals surface area contributed by atoms with Gasteiger partial charge < -0.3 is 10.1 Å². The Morgan fingerprint density at radius 3 is 2.67 bits per heavy atom. The summed E-state index contributed by atoms with van der Waals surface area (Å²) in [6.07, 6.45) is 6.10. The quantitative estimate of drug-likeness (QED) is 0.814. The van der Waals surface area contributed by atoms with E-state index in [1.165, 1.54) is 32.2 Å². The van der Waals surface area contributed by atoms with Crippen LogP contribution in [-0.2, 0) is 4.74 Å². The fraction of sp³-hybridized carbons (Fsp3) is 1.00. The molecule has 2 aliphatic rings. The van der Waals surface area contributed by atoms with Gasteiger partial charge in [0.1, 0.15) is 0 Å². The zero-order valence-corrected chi connectivity index (χ0v) is 12.3. The summed E-state index contributed by atoms with van der Waals surface area (Å²) in [6.45, 7) is 11.0. The first-order valence-electron chi connectivity index (χ1n) is 7.79. The fourth-order valence-electron chi connectivity index (χ4n) is 3.48. The molecule has 2 fully saturated rings. The lowest BCUT2D eigenvalue weighted by atomic mass is 9.96. The van der Waals surface area contributed by atoms with Gasteiger partial charge in [0, 0.05) is 25.2 Å². The molecular weight excluding hydrogens is 224 g/mol. The third kappa shape index (κ3) is 3.69. The van der Waals surface area contributed by atoms with E-state index in [-0.39, 0.29) is 0 Å². The highest BCUT2D eigenvalue weighted by atomic mass is 16.5. The zero-order chi connectivity index (χ0) is 13.0. The molecule has 0 spiro atoms. The van der Waals surface area contributed by atoms with E-state index in [0.717, 1.165) is 25.6 Å². The van der Waals surface area contributed by atoms with Gasteiger partial charge in [-0.1, -0.05) is 19.8 Å². The van der Waals surface area contributed by atoms with Gasteiger partial charge in [0.05, 0.1) is 12.7 Å². The van der Waals surface area contributed by atoms with Crippen molar-refractivity contribution in [1.82, 2.24) is 10.2 Å². The average Bonchev–Trinajstić information content (AvgIpc) is 2.87. The second-order valence-corrected chi connectivity index (χ2v) is 6.16. The molecule has 1 saturated carbocycles. The van der Waals surface area contributed by atoms with Gasteiger partial charge >= 0.3 is 0 Å². The van der Waals surface area contributed by atoms with E-state index in [1.807, 2.05) is 0 Å². The molecule has 2 rings (SSSR count). The summed E-state index contributed by atoms with van der Waals surface area (Å²) >= 11 is 0. The van der Waals surface area contributed by atoms with Crippen LogP contribution in [0.3, 0.4) is 0 Å². The van der Waals surface area contributed by atoms with E-state index in [1.54, 1.807) is 0 Å². The molecule has 1 aliphatic carbocycles. The Morgan fingerprint density at radius 2 is 2.00 bits per heavy atom. The smallest absolute Gasteiger partial charge is 0.0674 e. The standard InChI is InChI=1S/C15H30N2O/c1-4-16-15(14-7-5-6-8-14)10-17-9-13(3)18-11-12(17)2/h12-16H,4-11H2,1-3H3. The molecule has 0 amide bonds. The lowest BCUT2D eigenvalue weighted by molar-refractivity contribution is -0.0538. The monoisotopic (exact) mass is 254 g/mol. The molecule has 1 N–H and O–H groups in total. The second kappa shape index (κ2) is 6.88. The van der Waals surface area contributed by atoms with Crippen molar-refractivity contribution in [3.05, 3.63) is 0 Å². The maximum atomic E-state index is 5.73. The molecule has 3 atom stereocenters. The van der Waals surface area contributed by atoms with Crippen LogP contribution in [0.2, 0.25) is 0 Å². The molecule has 3 nitrogen and oxygen atoms in total. The Balaban J connectivity index is 1.89. The normalized spacial score (nSPS) is 32.8. The van der Waals surface area contributed by atoms with Crippen molar-refractivity contribution < 1.29 is 4.74 Å². The van der Waals surface area contributed by atoms with Crippen molar-refractivity contribution in [2.45, 2.75) is 64.6 Å². The summed E-state index contributed by atoms with van der Waals surface area (Å²) < 4.78 is 5.73. The van der Waals surface area contributed by atoms with E-state index in [9.17, 15) is 0 Å². The van der Waals surface area contributed by atoms with Crippen LogP contribution in [0.5, 0.6) is 0 Å². The van der Waals surface area contributed by atoms with Crippen LogP contribution in [-0.4, -0.2) is 49.3 Å². The number of rotatable bonds is 5. The van der Waals surface area contributed by atoms with Gasteiger partial charge in [-0.05, 0) is 39.2 Å². The molecule has 1 saturated heterocycles. The average molecular weight is 254 g/mol. The first kappa shape index (κ1) is 14.3. The van der Waals surface area contributed by atoms with Crippen molar-refractivity contribution in [2.75, 3.05) is 26.2 Å². The lowest BCUT2D eigenvalue weighted by Gasteiger charge is -2.40. The zero-order valence-electron chi connectivity index (χ0n) is 12.3. The molecule has 0 bridgehead atoms. The van der Waals surface area contributed by atoms with Gasteiger partial charge in [-0.15, -0.1) is 0 Å². The van der Waals surface area contributed by atoms with Crippen molar-refractivity contribution in [1.29, 1.82) is 0 Å². The molecule has 106 valence electrons. The first-order valence-corrected chi connectivity index (χ1v) is 7.79. The third-order valence-electron chi connectivity index (χ3n) is 4.60. The fourth-order valence-corrected chi connectivity index (χ4v) is 3.48. The van der Waals surface area contributed by atoms with Crippen LogP contribution >= 0.6 is 0 Å². The highest BCUT2D eigenvalue weighted by Gasteiger charge is 2.30. The molecule has 1 heterocycles. The third-order valence-corrected chi connectivity index (χ3v) is 4.60. The van der Waals surface area contributed by atoms with Gasteiger partial charge in [-0.3, -0.25) is 4.90 Å². The number of ether oxygens (including phenoxy) is 1. The number of nitrogens with one attached hydrogen (secondary N) is 1. The van der Waals surface area contributed by atoms with Crippen molar-refractivity contribution in [3.63, 3.8) is 0 Å². The first-order chi connectivity index (χ1) is 8.70. The summed E-state index contributed by atoms with van der Waals surface area (Å²) in [7, 11) is 0. The van der Waals surface area contributed by atoms with Crippen LogP contribution < -0.4 is 5.32 Å². The Kier molecular flexibility index (Phi) is 5.46. The molecule has 3 unspecified atom stereocenters. The van der Waals surface area contributed by atoms with Gasteiger partial charge in [0.2, 0.25) is 0 Å². The molecule has 0 aromatic heterocycles. The summed E-state index contributed by atoms with van der Waals surface area (Å²) in [6, 6.07) is 1.26. The minimum atomic E-state index is 0.395. The van der Waals surface area contributed by atoms with E-state index >= 15 is 0 Å². The van der Waals surface area contributed by atoms with Crippen molar-refractivity contribution in [3.8, 4) is 0 Å². The number of likely N-dealkylation sites (N-methyl/N-ethyl adjacent to an activating group) is 1. The largest absolute Gasteiger partial charge is 0.376 e. The molecular formula is C15H30N2O. The van der Waals surface area contributed by atoms with E-state index in [2.05, 4.69) is 31.0 Å². The molecule has 1 aliphatic heterocycles. The number of nitrogens with zero attached hydrogens (tertiary/aromatic N) is 1. The van der Waals surface area contributed by atoms with Crippen LogP contribution in [0, 0.1) is 5.92 Å². The summed E-state index contributed by atoms with van der Waals surface area (Å²) in [4.78, 5) is 2.62. The summed E-state index contributed by atoms with van der Waals surface area (Å²) in [5.41, 5.74) is 0. The number of hydrogen-bond donors (Lipinski definition) is 1. The maximum Gasteiger partial charge on any atom is 0.0674 e. The highest BCUT2D eigenvalue weighted by molar-refractivity contribution is 4.86. The van der Waals surface area contributed by atoms with Crippen LogP contribution in [0.4, 0.5) is 0 Å². The molecule has 0 aromatic carbocycles.